The maximum absolute atomic E-state index is 9.92. The van der Waals surface area contributed by atoms with Crippen LogP contribution in [-0.4, -0.2) is 124 Å². The summed E-state index contributed by atoms with van der Waals surface area (Å²) in [5.41, 5.74) is 0. The topological polar surface area (TPSA) is 83.9 Å². The van der Waals surface area contributed by atoms with Crippen molar-refractivity contribution in [1.82, 2.24) is 9.80 Å². The Balaban J connectivity index is 1.40. The average molecular weight is 348 g/mol. The summed E-state index contributed by atoms with van der Waals surface area (Å²) in [5, 5.41) is 19.8. The Bertz CT molecular complexity index is 281. The van der Waals surface area contributed by atoms with E-state index in [-0.39, 0.29) is 0 Å². The van der Waals surface area contributed by atoms with E-state index in [1.807, 2.05) is 0 Å². The lowest BCUT2D eigenvalue weighted by molar-refractivity contribution is -0.0417. The van der Waals surface area contributed by atoms with Crippen LogP contribution in [0.2, 0.25) is 0 Å². The molecule has 2 rings (SSSR count). The molecule has 2 aliphatic heterocycles. The number of nitrogens with zero attached hydrogens (tertiary/aromatic N) is 2. The van der Waals surface area contributed by atoms with Gasteiger partial charge >= 0.3 is 0 Å². The minimum atomic E-state index is -0.491. The monoisotopic (exact) mass is 348 g/mol. The number of hydrogen-bond acceptors (Lipinski definition) is 8. The van der Waals surface area contributed by atoms with Gasteiger partial charge in [0.25, 0.3) is 0 Å². The van der Waals surface area contributed by atoms with Crippen molar-refractivity contribution in [3.05, 3.63) is 0 Å². The van der Waals surface area contributed by atoms with E-state index < -0.39 is 12.2 Å². The summed E-state index contributed by atoms with van der Waals surface area (Å²) >= 11 is 0. The summed E-state index contributed by atoms with van der Waals surface area (Å²) in [7, 11) is 0. The van der Waals surface area contributed by atoms with Crippen LogP contribution in [0.5, 0.6) is 0 Å². The van der Waals surface area contributed by atoms with Crippen LogP contribution in [0.4, 0.5) is 0 Å². The smallest absolute Gasteiger partial charge is 0.0900 e. The van der Waals surface area contributed by atoms with E-state index in [1.54, 1.807) is 0 Å². The minimum Gasteiger partial charge on any atom is -0.389 e. The van der Waals surface area contributed by atoms with Gasteiger partial charge in [0.05, 0.1) is 65.1 Å². The first kappa shape index (κ1) is 20.0. The van der Waals surface area contributed by atoms with E-state index in [0.29, 0.717) is 39.5 Å². The first-order valence-corrected chi connectivity index (χ1v) is 8.86. The van der Waals surface area contributed by atoms with Gasteiger partial charge in [0.2, 0.25) is 0 Å². The predicted molar refractivity (Wildman–Crippen MR) is 88.2 cm³/mol. The van der Waals surface area contributed by atoms with Crippen LogP contribution < -0.4 is 0 Å². The molecule has 8 heteroatoms. The maximum Gasteiger partial charge on any atom is 0.0900 e. The summed E-state index contributed by atoms with van der Waals surface area (Å²) in [6, 6.07) is 0. The normalized spacial score (nSPS) is 23.2. The summed E-state index contributed by atoms with van der Waals surface area (Å²) in [6.45, 7) is 9.05. The van der Waals surface area contributed by atoms with Crippen molar-refractivity contribution >= 4 is 0 Å². The molecule has 0 aliphatic carbocycles. The van der Waals surface area contributed by atoms with E-state index in [4.69, 9.17) is 18.9 Å². The van der Waals surface area contributed by atoms with Gasteiger partial charge in [-0.25, -0.2) is 0 Å². The molecule has 2 fully saturated rings. The van der Waals surface area contributed by atoms with E-state index >= 15 is 0 Å². The van der Waals surface area contributed by atoms with Crippen LogP contribution in [0.1, 0.15) is 0 Å². The molecule has 2 unspecified atom stereocenters. The first-order valence-electron chi connectivity index (χ1n) is 8.86. The van der Waals surface area contributed by atoms with Crippen LogP contribution in [0.3, 0.4) is 0 Å². The van der Waals surface area contributed by atoms with Crippen molar-refractivity contribution in [2.24, 2.45) is 0 Å². The standard InChI is InChI=1S/C16H32N2O6/c19-15(11-17-1-5-21-6-2-17)13-23-9-10-24-14-16(20)12-18-3-7-22-8-4-18/h15-16,19-20H,1-14H2. The molecule has 0 bridgehead atoms. The highest BCUT2D eigenvalue weighted by atomic mass is 16.5. The van der Waals surface area contributed by atoms with E-state index in [2.05, 4.69) is 9.80 Å². The first-order chi connectivity index (χ1) is 11.7. The van der Waals surface area contributed by atoms with Gasteiger partial charge in [-0.2, -0.15) is 0 Å². The fourth-order valence-corrected chi connectivity index (χ4v) is 2.83. The van der Waals surface area contributed by atoms with Gasteiger partial charge in [0.15, 0.2) is 0 Å². The van der Waals surface area contributed by atoms with Crippen LogP contribution >= 0.6 is 0 Å². The van der Waals surface area contributed by atoms with E-state index in [0.717, 1.165) is 52.6 Å². The molecule has 2 aliphatic rings. The molecule has 8 nitrogen and oxygen atoms in total. The number of aliphatic hydroxyl groups is 2. The van der Waals surface area contributed by atoms with Crippen molar-refractivity contribution in [1.29, 1.82) is 0 Å². The van der Waals surface area contributed by atoms with Crippen molar-refractivity contribution in [2.45, 2.75) is 12.2 Å². The summed E-state index contributed by atoms with van der Waals surface area (Å²) in [4.78, 5) is 4.35. The second kappa shape index (κ2) is 12.1. The number of hydrogen-bond donors (Lipinski definition) is 2. The zero-order chi connectivity index (χ0) is 17.0. The molecular formula is C16H32N2O6. The van der Waals surface area contributed by atoms with E-state index in [1.165, 1.54) is 0 Å². The molecule has 2 atom stereocenters. The van der Waals surface area contributed by atoms with Crippen molar-refractivity contribution < 1.29 is 29.2 Å². The lowest BCUT2D eigenvalue weighted by Gasteiger charge is -2.28. The molecule has 2 saturated heterocycles. The Labute approximate surface area is 144 Å². The van der Waals surface area contributed by atoms with Crippen molar-refractivity contribution in [3.63, 3.8) is 0 Å². The second-order valence-electron chi connectivity index (χ2n) is 6.28. The summed E-state index contributed by atoms with van der Waals surface area (Å²) in [5.74, 6) is 0. The van der Waals surface area contributed by atoms with Gasteiger partial charge in [0, 0.05) is 39.3 Å². The number of rotatable bonds is 11. The Morgan fingerprint density at radius 1 is 0.708 bits per heavy atom. The van der Waals surface area contributed by atoms with Crippen LogP contribution in [0.15, 0.2) is 0 Å². The quantitative estimate of drug-likeness (QED) is 0.432. The number of morpholine rings is 2. The average Bonchev–Trinajstić information content (AvgIpc) is 2.60. The van der Waals surface area contributed by atoms with Crippen LogP contribution in [0, 0.1) is 0 Å². The van der Waals surface area contributed by atoms with Crippen molar-refractivity contribution in [2.75, 3.05) is 92.1 Å². The van der Waals surface area contributed by atoms with Gasteiger partial charge in [-0.3, -0.25) is 9.80 Å². The highest BCUT2D eigenvalue weighted by molar-refractivity contribution is 4.68. The highest BCUT2D eigenvalue weighted by Gasteiger charge is 2.16. The van der Waals surface area contributed by atoms with Gasteiger partial charge in [-0.1, -0.05) is 0 Å². The zero-order valence-electron chi connectivity index (χ0n) is 14.5. The van der Waals surface area contributed by atoms with Gasteiger partial charge in [-0.15, -0.1) is 0 Å². The largest absolute Gasteiger partial charge is 0.389 e. The number of ether oxygens (including phenoxy) is 4. The highest BCUT2D eigenvalue weighted by Crippen LogP contribution is 2.00. The Morgan fingerprint density at radius 3 is 1.46 bits per heavy atom. The van der Waals surface area contributed by atoms with E-state index in [9.17, 15) is 10.2 Å². The maximum atomic E-state index is 9.92. The third-order valence-electron chi connectivity index (χ3n) is 4.14. The van der Waals surface area contributed by atoms with Crippen molar-refractivity contribution in [3.8, 4) is 0 Å². The predicted octanol–water partition coefficient (Wildman–Crippen LogP) is -1.59. The molecule has 0 aromatic heterocycles. The molecule has 0 saturated carbocycles. The lowest BCUT2D eigenvalue weighted by atomic mass is 10.3. The molecule has 0 radical (unpaired) electrons. The van der Waals surface area contributed by atoms with Crippen LogP contribution in [-0.2, 0) is 18.9 Å². The lowest BCUT2D eigenvalue weighted by Crippen LogP contribution is -2.42. The second-order valence-corrected chi connectivity index (χ2v) is 6.28. The Morgan fingerprint density at radius 2 is 1.08 bits per heavy atom. The molecule has 0 aromatic rings. The molecule has 0 spiro atoms. The van der Waals surface area contributed by atoms with Gasteiger partial charge in [-0.05, 0) is 0 Å². The van der Waals surface area contributed by atoms with Gasteiger partial charge < -0.3 is 29.2 Å². The fourth-order valence-electron chi connectivity index (χ4n) is 2.83. The summed E-state index contributed by atoms with van der Waals surface area (Å²) in [6.07, 6.45) is -0.981. The molecule has 2 N–H and O–H groups in total. The number of β-amino-alcohol motifs (C(OH)–C–C–N with tert-alkyl or cyclic N) is 2. The minimum absolute atomic E-state index is 0.303. The number of aliphatic hydroxyl groups excluding tert-OH is 2. The SMILES string of the molecule is OC(COCCOCC(O)CN1CCOCC1)CN1CCOCC1. The Kier molecular flexibility index (Phi) is 10.1. The molecule has 142 valence electrons. The van der Waals surface area contributed by atoms with Gasteiger partial charge in [0.1, 0.15) is 0 Å². The summed E-state index contributed by atoms with van der Waals surface area (Å²) < 4.78 is 21.4. The molecule has 24 heavy (non-hydrogen) atoms. The molecule has 0 amide bonds. The third-order valence-corrected chi connectivity index (χ3v) is 4.14. The van der Waals surface area contributed by atoms with Crippen LogP contribution in [0.25, 0.3) is 0 Å². The zero-order valence-corrected chi connectivity index (χ0v) is 14.5. The third kappa shape index (κ3) is 8.68. The fraction of sp³-hybridized carbons (Fsp3) is 1.00. The molecular weight excluding hydrogens is 316 g/mol. The molecule has 2 heterocycles. The molecule has 0 aromatic carbocycles. The Hall–Kier alpha value is -0.320.